The zero-order chi connectivity index (χ0) is 15.1. The van der Waals surface area contributed by atoms with E-state index < -0.39 is 0 Å². The van der Waals surface area contributed by atoms with Crippen molar-refractivity contribution in [3.05, 3.63) is 0 Å². The Morgan fingerprint density at radius 3 is 1.32 bits per heavy atom. The Morgan fingerprint density at radius 1 is 0.684 bits per heavy atom. The van der Waals surface area contributed by atoms with Crippen molar-refractivity contribution in [2.75, 3.05) is 19.6 Å². The molecule has 1 heterocycles. The molecule has 1 saturated heterocycles. The monoisotopic (exact) mass is 267 g/mol. The van der Waals surface area contributed by atoms with Gasteiger partial charge >= 0.3 is 0 Å². The maximum Gasteiger partial charge on any atom is 0.235 e. The SMILES string of the molecule is CC(C)(C)CN=C1N(CC(C)(C)C)N1CC(C)(C)C. The molecule has 0 amide bonds. The fraction of sp³-hybridized carbons (Fsp3) is 0.938. The van der Waals surface area contributed by atoms with Gasteiger partial charge in [-0.3, -0.25) is 0 Å². The summed E-state index contributed by atoms with van der Waals surface area (Å²) in [5.74, 6) is 1.18. The molecule has 0 unspecified atom stereocenters. The number of rotatable bonds is 3. The summed E-state index contributed by atoms with van der Waals surface area (Å²) in [6, 6.07) is 0. The van der Waals surface area contributed by atoms with E-state index in [-0.39, 0.29) is 5.41 Å². The van der Waals surface area contributed by atoms with E-state index in [0.717, 1.165) is 19.6 Å². The molecule has 0 bridgehead atoms. The van der Waals surface area contributed by atoms with E-state index in [1.54, 1.807) is 0 Å². The van der Waals surface area contributed by atoms with E-state index in [1.807, 2.05) is 0 Å². The van der Waals surface area contributed by atoms with Crippen LogP contribution in [0.25, 0.3) is 0 Å². The smallest absolute Gasteiger partial charge is 0.235 e. The van der Waals surface area contributed by atoms with Gasteiger partial charge in [-0.1, -0.05) is 62.3 Å². The molecular weight excluding hydrogens is 234 g/mol. The lowest BCUT2D eigenvalue weighted by Crippen LogP contribution is -2.26. The average molecular weight is 267 g/mol. The summed E-state index contributed by atoms with van der Waals surface area (Å²) in [5, 5.41) is 4.69. The Morgan fingerprint density at radius 2 is 1.05 bits per heavy atom. The highest BCUT2D eigenvalue weighted by Gasteiger charge is 2.43. The Hall–Kier alpha value is -0.730. The van der Waals surface area contributed by atoms with Crippen LogP contribution in [0, 0.1) is 16.2 Å². The highest BCUT2D eigenvalue weighted by atomic mass is 15.9. The fourth-order valence-electron chi connectivity index (χ4n) is 1.88. The first-order valence-electron chi connectivity index (χ1n) is 7.38. The number of guanidine groups is 1. The highest BCUT2D eigenvalue weighted by molar-refractivity contribution is 5.91. The van der Waals surface area contributed by atoms with E-state index in [4.69, 9.17) is 4.99 Å². The molecule has 0 aromatic rings. The second kappa shape index (κ2) is 4.99. The highest BCUT2D eigenvalue weighted by Crippen LogP contribution is 2.31. The van der Waals surface area contributed by atoms with Gasteiger partial charge in [-0.05, 0) is 16.2 Å². The van der Waals surface area contributed by atoms with Crippen molar-refractivity contribution in [3.63, 3.8) is 0 Å². The first-order chi connectivity index (χ1) is 8.29. The van der Waals surface area contributed by atoms with Gasteiger partial charge in [0, 0.05) is 19.6 Å². The van der Waals surface area contributed by atoms with Crippen LogP contribution in [0.15, 0.2) is 4.99 Å². The lowest BCUT2D eigenvalue weighted by Gasteiger charge is -2.22. The minimum atomic E-state index is 0.260. The molecule has 3 heteroatoms. The van der Waals surface area contributed by atoms with Crippen LogP contribution in [0.1, 0.15) is 62.3 Å². The van der Waals surface area contributed by atoms with Crippen LogP contribution in [0.2, 0.25) is 0 Å². The van der Waals surface area contributed by atoms with Crippen molar-refractivity contribution in [1.29, 1.82) is 0 Å². The summed E-state index contributed by atoms with van der Waals surface area (Å²) in [6.45, 7) is 23.4. The largest absolute Gasteiger partial charge is 0.249 e. The number of hydrogen-bond acceptors (Lipinski definition) is 1. The van der Waals surface area contributed by atoms with Crippen molar-refractivity contribution < 1.29 is 0 Å². The summed E-state index contributed by atoms with van der Waals surface area (Å²) < 4.78 is 0. The van der Waals surface area contributed by atoms with Crippen LogP contribution in [0.5, 0.6) is 0 Å². The van der Waals surface area contributed by atoms with Gasteiger partial charge in [0.05, 0.1) is 0 Å². The third-order valence-electron chi connectivity index (χ3n) is 2.66. The van der Waals surface area contributed by atoms with Crippen LogP contribution in [-0.2, 0) is 0 Å². The summed E-state index contributed by atoms with van der Waals surface area (Å²) >= 11 is 0. The molecule has 0 aliphatic carbocycles. The second-order valence-corrected chi connectivity index (χ2v) is 9.41. The lowest BCUT2D eigenvalue weighted by atomic mass is 9.96. The molecular formula is C16H33N3. The summed E-state index contributed by atoms with van der Waals surface area (Å²) in [5.41, 5.74) is 0.862. The quantitative estimate of drug-likeness (QED) is 0.719. The molecule has 19 heavy (non-hydrogen) atoms. The zero-order valence-electron chi connectivity index (χ0n) is 14.5. The van der Waals surface area contributed by atoms with Gasteiger partial charge in [0.2, 0.25) is 5.96 Å². The normalized spacial score (nSPS) is 17.0. The van der Waals surface area contributed by atoms with Crippen LogP contribution in [0.3, 0.4) is 0 Å². The molecule has 1 aliphatic rings. The van der Waals surface area contributed by atoms with Crippen molar-refractivity contribution in [1.82, 2.24) is 10.0 Å². The first kappa shape index (κ1) is 16.3. The minimum Gasteiger partial charge on any atom is -0.249 e. The third-order valence-corrected chi connectivity index (χ3v) is 2.66. The molecule has 0 aromatic carbocycles. The maximum atomic E-state index is 4.81. The van der Waals surface area contributed by atoms with Crippen molar-refractivity contribution in [2.24, 2.45) is 21.2 Å². The third kappa shape index (κ3) is 6.31. The van der Waals surface area contributed by atoms with E-state index in [0.29, 0.717) is 10.8 Å². The predicted octanol–water partition coefficient (Wildman–Crippen LogP) is 4.01. The van der Waals surface area contributed by atoms with Crippen LogP contribution < -0.4 is 0 Å². The molecule has 0 atom stereocenters. The van der Waals surface area contributed by atoms with Gasteiger partial charge in [-0.15, -0.1) is 0 Å². The standard InChI is InChI=1S/C16H33N3/c1-14(2,3)10-17-13-18(11-15(4,5)6)19(13)12-16(7,8)9/h10-12H2,1-9H3. The van der Waals surface area contributed by atoms with Gasteiger partial charge in [0.1, 0.15) is 0 Å². The second-order valence-electron chi connectivity index (χ2n) is 9.41. The van der Waals surface area contributed by atoms with E-state index >= 15 is 0 Å². The Bertz CT molecular complexity index is 312. The zero-order valence-corrected chi connectivity index (χ0v) is 14.5. The first-order valence-corrected chi connectivity index (χ1v) is 7.38. The Labute approximate surface area is 120 Å². The van der Waals surface area contributed by atoms with Crippen molar-refractivity contribution in [3.8, 4) is 0 Å². The topological polar surface area (TPSA) is 18.4 Å². The van der Waals surface area contributed by atoms with Gasteiger partial charge in [0.25, 0.3) is 0 Å². The summed E-state index contributed by atoms with van der Waals surface area (Å²) in [6.07, 6.45) is 0. The maximum absolute atomic E-state index is 4.81. The molecule has 1 aliphatic heterocycles. The molecule has 1 fully saturated rings. The van der Waals surface area contributed by atoms with E-state index in [9.17, 15) is 0 Å². The number of aliphatic imine (C=N–C) groups is 1. The van der Waals surface area contributed by atoms with Gasteiger partial charge in [-0.2, -0.15) is 0 Å². The Kier molecular flexibility index (Phi) is 4.29. The molecule has 112 valence electrons. The van der Waals surface area contributed by atoms with Crippen LogP contribution >= 0.6 is 0 Å². The van der Waals surface area contributed by atoms with Crippen LogP contribution in [0.4, 0.5) is 0 Å². The minimum absolute atomic E-state index is 0.260. The summed E-state index contributed by atoms with van der Waals surface area (Å²) in [4.78, 5) is 4.81. The Balaban J connectivity index is 2.71. The van der Waals surface area contributed by atoms with Crippen molar-refractivity contribution in [2.45, 2.75) is 62.3 Å². The molecule has 0 saturated carbocycles. The molecule has 0 N–H and O–H groups in total. The lowest BCUT2D eigenvalue weighted by molar-refractivity contribution is 0.184. The van der Waals surface area contributed by atoms with Gasteiger partial charge in [0.15, 0.2) is 0 Å². The molecule has 0 radical (unpaired) electrons. The van der Waals surface area contributed by atoms with Gasteiger partial charge in [-0.25, -0.2) is 15.0 Å². The number of nitrogens with zero attached hydrogens (tertiary/aromatic N) is 3. The van der Waals surface area contributed by atoms with E-state index in [2.05, 4.69) is 72.3 Å². The molecule has 3 nitrogen and oxygen atoms in total. The predicted molar refractivity (Wildman–Crippen MR) is 84.1 cm³/mol. The number of hydrazine groups is 1. The number of hydrogen-bond donors (Lipinski definition) is 0. The van der Waals surface area contributed by atoms with Crippen LogP contribution in [-0.4, -0.2) is 35.6 Å². The summed E-state index contributed by atoms with van der Waals surface area (Å²) in [7, 11) is 0. The average Bonchev–Trinajstić information content (AvgIpc) is 2.67. The van der Waals surface area contributed by atoms with E-state index in [1.165, 1.54) is 5.96 Å². The molecule has 0 spiro atoms. The van der Waals surface area contributed by atoms with Crippen molar-refractivity contribution >= 4 is 5.96 Å². The fourth-order valence-corrected chi connectivity index (χ4v) is 1.88. The molecule has 1 rings (SSSR count). The van der Waals surface area contributed by atoms with Gasteiger partial charge < -0.3 is 0 Å². The molecule has 0 aromatic heterocycles.